The first-order valence-electron chi connectivity index (χ1n) is 5.15. The van der Waals surface area contributed by atoms with Gasteiger partial charge in [-0.25, -0.2) is 13.2 Å². The topological polar surface area (TPSA) is 43.1 Å². The summed E-state index contributed by atoms with van der Waals surface area (Å²) >= 11 is 5.79. The molecule has 2 N–H and O–H groups in total. The van der Waals surface area contributed by atoms with Crippen molar-refractivity contribution in [2.45, 2.75) is 0 Å². The minimum atomic E-state index is -1.30. The van der Waals surface area contributed by atoms with E-state index in [1.165, 1.54) is 18.2 Å². The van der Waals surface area contributed by atoms with Crippen LogP contribution in [0.3, 0.4) is 0 Å². The van der Waals surface area contributed by atoms with Crippen LogP contribution in [0.15, 0.2) is 30.3 Å². The predicted octanol–water partition coefficient (Wildman–Crippen LogP) is 3.57. The van der Waals surface area contributed by atoms with Gasteiger partial charge in [-0.1, -0.05) is 17.7 Å². The Balaban J connectivity index is 2.64. The van der Waals surface area contributed by atoms with Crippen molar-refractivity contribution in [2.75, 3.05) is 5.73 Å². The molecule has 0 atom stereocenters. The average Bonchev–Trinajstić information content (AvgIpc) is 2.26. The molecule has 19 heavy (non-hydrogen) atoms. The molecule has 2 aromatic carbocycles. The molecule has 0 aliphatic carbocycles. The SMILES string of the molecule is Nc1cccc(Cl)c1C(=O)c1c(F)cc(F)cc1F. The van der Waals surface area contributed by atoms with Crippen molar-refractivity contribution in [3.63, 3.8) is 0 Å². The quantitative estimate of drug-likeness (QED) is 0.677. The number of halogens is 4. The molecular weight excluding hydrogens is 279 g/mol. The number of anilines is 1. The Hall–Kier alpha value is -2.01. The van der Waals surface area contributed by atoms with E-state index in [2.05, 4.69) is 0 Å². The Kier molecular flexibility index (Phi) is 3.48. The Bertz CT molecular complexity index is 630. The van der Waals surface area contributed by atoms with E-state index in [0.29, 0.717) is 12.1 Å². The molecule has 0 saturated heterocycles. The van der Waals surface area contributed by atoms with Crippen molar-refractivity contribution in [2.24, 2.45) is 0 Å². The highest BCUT2D eigenvalue weighted by Crippen LogP contribution is 2.27. The minimum absolute atomic E-state index is 0.0133. The normalized spacial score (nSPS) is 10.5. The van der Waals surface area contributed by atoms with Crippen molar-refractivity contribution in [3.8, 4) is 0 Å². The van der Waals surface area contributed by atoms with Gasteiger partial charge in [0.2, 0.25) is 5.78 Å². The van der Waals surface area contributed by atoms with Crippen molar-refractivity contribution in [3.05, 3.63) is 63.9 Å². The van der Waals surface area contributed by atoms with E-state index in [-0.39, 0.29) is 16.3 Å². The molecule has 2 rings (SSSR count). The first-order chi connectivity index (χ1) is 8.91. The third-order valence-corrected chi connectivity index (χ3v) is 2.82. The largest absolute Gasteiger partial charge is 0.398 e. The molecule has 0 amide bonds. The molecule has 0 unspecified atom stereocenters. The zero-order chi connectivity index (χ0) is 14.2. The fourth-order valence-electron chi connectivity index (χ4n) is 1.66. The summed E-state index contributed by atoms with van der Waals surface area (Å²) in [5, 5.41) is -0.0341. The number of hydrogen-bond donors (Lipinski definition) is 1. The molecule has 2 nitrogen and oxygen atoms in total. The van der Waals surface area contributed by atoms with Crippen molar-refractivity contribution in [1.29, 1.82) is 0 Å². The van der Waals surface area contributed by atoms with Crippen molar-refractivity contribution < 1.29 is 18.0 Å². The molecule has 0 spiro atoms. The van der Waals surface area contributed by atoms with Crippen LogP contribution < -0.4 is 5.73 Å². The number of nitrogens with two attached hydrogens (primary N) is 1. The van der Waals surface area contributed by atoms with Gasteiger partial charge in [-0.3, -0.25) is 4.79 Å². The lowest BCUT2D eigenvalue weighted by Crippen LogP contribution is -2.11. The van der Waals surface area contributed by atoms with Crippen LogP contribution in [0.1, 0.15) is 15.9 Å². The Morgan fingerprint density at radius 1 is 1.05 bits per heavy atom. The summed E-state index contributed by atoms with van der Waals surface area (Å²) in [6, 6.07) is 5.07. The maximum absolute atomic E-state index is 13.5. The summed E-state index contributed by atoms with van der Waals surface area (Å²) in [7, 11) is 0. The summed E-state index contributed by atoms with van der Waals surface area (Å²) < 4.78 is 39.8. The Morgan fingerprint density at radius 3 is 2.16 bits per heavy atom. The first-order valence-corrected chi connectivity index (χ1v) is 5.53. The molecule has 0 saturated carbocycles. The van der Waals surface area contributed by atoms with Crippen LogP contribution in [-0.4, -0.2) is 5.78 Å². The Morgan fingerprint density at radius 2 is 1.63 bits per heavy atom. The van der Waals surface area contributed by atoms with Gasteiger partial charge in [0.15, 0.2) is 0 Å². The minimum Gasteiger partial charge on any atom is -0.398 e. The second-order valence-electron chi connectivity index (χ2n) is 3.78. The second kappa shape index (κ2) is 4.93. The van der Waals surface area contributed by atoms with Crippen LogP contribution in [0.4, 0.5) is 18.9 Å². The number of rotatable bonds is 2. The predicted molar refractivity (Wildman–Crippen MR) is 65.6 cm³/mol. The molecule has 2 aromatic rings. The third kappa shape index (κ3) is 2.42. The first kappa shape index (κ1) is 13.4. The van der Waals surface area contributed by atoms with Gasteiger partial charge < -0.3 is 5.73 Å². The molecule has 0 aromatic heterocycles. The molecule has 0 radical (unpaired) electrons. The van der Waals surface area contributed by atoms with Crippen molar-refractivity contribution in [1.82, 2.24) is 0 Å². The van der Waals surface area contributed by atoms with Gasteiger partial charge in [0.1, 0.15) is 17.5 Å². The maximum Gasteiger partial charge on any atom is 0.202 e. The molecule has 0 heterocycles. The third-order valence-electron chi connectivity index (χ3n) is 2.51. The summed E-state index contributed by atoms with van der Waals surface area (Å²) in [5.41, 5.74) is 4.45. The highest BCUT2D eigenvalue weighted by molar-refractivity contribution is 6.35. The number of benzene rings is 2. The van der Waals surface area contributed by atoms with Gasteiger partial charge in [-0.2, -0.15) is 0 Å². The number of hydrogen-bond acceptors (Lipinski definition) is 2. The standard InChI is InChI=1S/C13H7ClF3NO/c14-7-2-1-3-10(18)11(7)13(19)12-8(16)4-6(15)5-9(12)17/h1-5H,18H2. The number of ketones is 1. The van der Waals surface area contributed by atoms with Gasteiger partial charge in [0.05, 0.1) is 16.1 Å². The summed E-state index contributed by atoms with van der Waals surface area (Å²) in [5.74, 6) is -4.75. The zero-order valence-electron chi connectivity index (χ0n) is 9.38. The smallest absolute Gasteiger partial charge is 0.202 e. The lowest BCUT2D eigenvalue weighted by Gasteiger charge is -2.08. The van der Waals surface area contributed by atoms with Crippen LogP contribution in [0.5, 0.6) is 0 Å². The number of carbonyl (C=O) groups is 1. The van der Waals surface area contributed by atoms with E-state index >= 15 is 0 Å². The van der Waals surface area contributed by atoms with E-state index in [9.17, 15) is 18.0 Å². The Labute approximate surface area is 111 Å². The lowest BCUT2D eigenvalue weighted by molar-refractivity contribution is 0.103. The van der Waals surface area contributed by atoms with Crippen LogP contribution in [0.25, 0.3) is 0 Å². The average molecular weight is 286 g/mol. The summed E-state index contributed by atoms with van der Waals surface area (Å²) in [6.07, 6.45) is 0. The van der Waals surface area contributed by atoms with Gasteiger partial charge in [0, 0.05) is 17.8 Å². The van der Waals surface area contributed by atoms with Crippen LogP contribution >= 0.6 is 11.6 Å². The summed E-state index contributed by atoms with van der Waals surface area (Å²) in [4.78, 5) is 12.1. The van der Waals surface area contributed by atoms with E-state index < -0.39 is 28.8 Å². The number of nitrogen functional groups attached to an aromatic ring is 1. The highest BCUT2D eigenvalue weighted by Gasteiger charge is 2.23. The second-order valence-corrected chi connectivity index (χ2v) is 4.18. The molecule has 0 aliphatic heterocycles. The highest BCUT2D eigenvalue weighted by atomic mass is 35.5. The van der Waals surface area contributed by atoms with E-state index in [4.69, 9.17) is 17.3 Å². The van der Waals surface area contributed by atoms with Gasteiger partial charge in [0.25, 0.3) is 0 Å². The molecule has 0 aliphatic rings. The molecule has 98 valence electrons. The molecule has 6 heteroatoms. The van der Waals surface area contributed by atoms with Crippen LogP contribution in [0, 0.1) is 17.5 Å². The van der Waals surface area contributed by atoms with Gasteiger partial charge >= 0.3 is 0 Å². The van der Waals surface area contributed by atoms with E-state index in [0.717, 1.165) is 0 Å². The summed E-state index contributed by atoms with van der Waals surface area (Å²) in [6.45, 7) is 0. The maximum atomic E-state index is 13.5. The zero-order valence-corrected chi connectivity index (χ0v) is 10.1. The van der Waals surface area contributed by atoms with Crippen molar-refractivity contribution >= 4 is 23.1 Å². The van der Waals surface area contributed by atoms with Crippen LogP contribution in [-0.2, 0) is 0 Å². The fourth-order valence-corrected chi connectivity index (χ4v) is 1.93. The number of carbonyl (C=O) groups excluding carboxylic acids is 1. The van der Waals surface area contributed by atoms with Gasteiger partial charge in [-0.15, -0.1) is 0 Å². The monoisotopic (exact) mass is 285 g/mol. The lowest BCUT2D eigenvalue weighted by atomic mass is 10.0. The van der Waals surface area contributed by atoms with E-state index in [1.807, 2.05) is 0 Å². The van der Waals surface area contributed by atoms with E-state index in [1.54, 1.807) is 0 Å². The van der Waals surface area contributed by atoms with Crippen LogP contribution in [0.2, 0.25) is 5.02 Å². The molecular formula is C13H7ClF3NO. The molecule has 0 bridgehead atoms. The fraction of sp³-hybridized carbons (Fsp3) is 0. The molecule has 0 fully saturated rings. The van der Waals surface area contributed by atoms with Gasteiger partial charge in [-0.05, 0) is 12.1 Å².